The van der Waals surface area contributed by atoms with Crippen LogP contribution in [-0.2, 0) is 9.36 Å². The number of aliphatic carboxylic acids is 1. The predicted octanol–water partition coefficient (Wildman–Crippen LogP) is 3.16. The Morgan fingerprint density at radius 2 is 1.95 bits per heavy atom. The van der Waals surface area contributed by atoms with Crippen LogP contribution in [0.5, 0.6) is 0 Å². The van der Waals surface area contributed by atoms with Crippen molar-refractivity contribution < 1.29 is 19.6 Å². The Labute approximate surface area is 124 Å². The minimum Gasteiger partial charge on any atom is -0.479 e. The highest BCUT2D eigenvalue weighted by Gasteiger charge is 2.45. The fraction of sp³-hybridized carbons (Fsp3) is 0.500. The van der Waals surface area contributed by atoms with Gasteiger partial charge in [-0.15, -0.1) is 11.8 Å². The number of hydrogen-bond donors (Lipinski definition) is 2. The molecule has 0 saturated heterocycles. The standard InChI is InChI=1S/C14H19O4PS/c1-10(2)12(14(17,9-19-18)13(15)16)8-20-11-6-4-3-5-7-11/h3-7,10,12,17H,8-9H2,1-2H3,(H,15,16). The van der Waals surface area contributed by atoms with Crippen LogP contribution < -0.4 is 0 Å². The second-order valence-corrected chi connectivity index (χ2v) is 6.66. The monoisotopic (exact) mass is 314 g/mol. The summed E-state index contributed by atoms with van der Waals surface area (Å²) in [6.07, 6.45) is -0.291. The zero-order valence-corrected chi connectivity index (χ0v) is 13.2. The van der Waals surface area contributed by atoms with Gasteiger partial charge in [-0.05, 0) is 18.1 Å². The molecule has 0 aromatic heterocycles. The number of carboxylic acids is 1. The van der Waals surface area contributed by atoms with Gasteiger partial charge < -0.3 is 10.2 Å². The van der Waals surface area contributed by atoms with Crippen LogP contribution in [0.25, 0.3) is 0 Å². The Morgan fingerprint density at radius 1 is 1.35 bits per heavy atom. The van der Waals surface area contributed by atoms with Crippen molar-refractivity contribution in [1.29, 1.82) is 0 Å². The van der Waals surface area contributed by atoms with E-state index in [0.29, 0.717) is 5.75 Å². The van der Waals surface area contributed by atoms with Crippen molar-refractivity contribution in [3.8, 4) is 0 Å². The maximum absolute atomic E-state index is 11.4. The van der Waals surface area contributed by atoms with Gasteiger partial charge >= 0.3 is 5.97 Å². The van der Waals surface area contributed by atoms with Gasteiger partial charge in [-0.3, -0.25) is 4.57 Å². The maximum atomic E-state index is 11.4. The minimum atomic E-state index is -1.96. The third-order valence-electron chi connectivity index (χ3n) is 3.27. The van der Waals surface area contributed by atoms with Crippen molar-refractivity contribution >= 4 is 26.2 Å². The van der Waals surface area contributed by atoms with Crippen LogP contribution in [0.15, 0.2) is 35.2 Å². The molecule has 0 heterocycles. The molecule has 0 aliphatic heterocycles. The van der Waals surface area contributed by atoms with E-state index in [-0.39, 0.29) is 20.5 Å². The van der Waals surface area contributed by atoms with E-state index in [4.69, 9.17) is 0 Å². The maximum Gasteiger partial charge on any atom is 0.336 e. The zero-order valence-electron chi connectivity index (χ0n) is 11.5. The molecule has 0 radical (unpaired) electrons. The van der Waals surface area contributed by atoms with Crippen molar-refractivity contribution in [3.63, 3.8) is 0 Å². The minimum absolute atomic E-state index is 0.0333. The van der Waals surface area contributed by atoms with Crippen molar-refractivity contribution in [1.82, 2.24) is 0 Å². The molecular weight excluding hydrogens is 295 g/mol. The fourth-order valence-electron chi connectivity index (χ4n) is 2.03. The number of carbonyl (C=O) groups is 1. The molecule has 0 fully saturated rings. The summed E-state index contributed by atoms with van der Waals surface area (Å²) in [7, 11) is -0.359. The van der Waals surface area contributed by atoms with E-state index in [1.807, 2.05) is 44.2 Å². The van der Waals surface area contributed by atoms with E-state index < -0.39 is 17.5 Å². The van der Waals surface area contributed by atoms with Crippen LogP contribution in [0.1, 0.15) is 13.8 Å². The van der Waals surface area contributed by atoms with Crippen LogP contribution in [0, 0.1) is 11.8 Å². The lowest BCUT2D eigenvalue weighted by Crippen LogP contribution is -2.50. The second-order valence-electron chi connectivity index (χ2n) is 4.99. The lowest BCUT2D eigenvalue weighted by Gasteiger charge is -2.33. The Balaban J connectivity index is 2.87. The van der Waals surface area contributed by atoms with Crippen LogP contribution in [0.2, 0.25) is 0 Å². The number of hydrogen-bond acceptors (Lipinski definition) is 4. The number of rotatable bonds is 8. The molecular formula is C14H19O4PS. The highest BCUT2D eigenvalue weighted by atomic mass is 32.2. The van der Waals surface area contributed by atoms with Crippen molar-refractivity contribution in [3.05, 3.63) is 30.3 Å². The molecule has 2 unspecified atom stereocenters. The summed E-state index contributed by atoms with van der Waals surface area (Å²) >= 11 is 1.50. The van der Waals surface area contributed by atoms with Gasteiger partial charge in [-0.2, -0.15) is 0 Å². The molecule has 4 nitrogen and oxygen atoms in total. The molecule has 0 spiro atoms. The van der Waals surface area contributed by atoms with Crippen LogP contribution in [-0.4, -0.2) is 33.7 Å². The Kier molecular flexibility index (Phi) is 6.66. The van der Waals surface area contributed by atoms with Gasteiger partial charge in [0.1, 0.15) is 0 Å². The summed E-state index contributed by atoms with van der Waals surface area (Å²) in [5, 5.41) is 19.7. The van der Waals surface area contributed by atoms with Crippen molar-refractivity contribution in [2.24, 2.45) is 11.8 Å². The smallest absolute Gasteiger partial charge is 0.336 e. The van der Waals surface area contributed by atoms with E-state index >= 15 is 0 Å². The van der Waals surface area contributed by atoms with Gasteiger partial charge in [0.25, 0.3) is 0 Å². The second kappa shape index (κ2) is 7.77. The molecule has 0 amide bonds. The summed E-state index contributed by atoms with van der Waals surface area (Å²) in [6.45, 7) is 3.73. The summed E-state index contributed by atoms with van der Waals surface area (Å²) in [4.78, 5) is 12.4. The topological polar surface area (TPSA) is 74.6 Å². The normalized spacial score (nSPS) is 16.0. The van der Waals surface area contributed by atoms with Crippen LogP contribution in [0.4, 0.5) is 0 Å². The van der Waals surface area contributed by atoms with Crippen LogP contribution >= 0.6 is 20.2 Å². The molecule has 1 aromatic rings. The number of aliphatic hydroxyl groups is 1. The third-order valence-corrected chi connectivity index (χ3v) is 5.01. The Bertz CT molecular complexity index is 452. The predicted molar refractivity (Wildman–Crippen MR) is 80.6 cm³/mol. The molecule has 0 bridgehead atoms. The van der Waals surface area contributed by atoms with Crippen LogP contribution in [0.3, 0.4) is 0 Å². The van der Waals surface area contributed by atoms with Gasteiger partial charge in [-0.1, -0.05) is 32.0 Å². The van der Waals surface area contributed by atoms with Gasteiger partial charge in [0.2, 0.25) is 0 Å². The van der Waals surface area contributed by atoms with E-state index in [9.17, 15) is 19.6 Å². The molecule has 6 heteroatoms. The first-order chi connectivity index (χ1) is 9.41. The average Bonchev–Trinajstić information content (AvgIpc) is 2.39. The van der Waals surface area contributed by atoms with E-state index in [1.165, 1.54) is 11.8 Å². The SMILES string of the molecule is CC(C)C(CSc1ccccc1)C(O)(CP=O)C(=O)O. The molecule has 2 atom stereocenters. The average molecular weight is 314 g/mol. The third kappa shape index (κ3) is 4.30. The molecule has 1 rings (SSSR count). The summed E-state index contributed by atoms with van der Waals surface area (Å²) in [5.41, 5.74) is -1.96. The van der Waals surface area contributed by atoms with Crippen molar-refractivity contribution in [2.45, 2.75) is 24.3 Å². The summed E-state index contributed by atoms with van der Waals surface area (Å²) in [6, 6.07) is 9.61. The molecule has 0 aliphatic rings. The molecule has 0 saturated carbocycles. The molecule has 2 N–H and O–H groups in total. The first-order valence-corrected chi connectivity index (χ1v) is 8.33. The van der Waals surface area contributed by atoms with Gasteiger partial charge in [0, 0.05) is 16.6 Å². The summed E-state index contributed by atoms with van der Waals surface area (Å²) < 4.78 is 10.8. The number of carboxylic acid groups (broad SMARTS) is 1. The highest BCUT2D eigenvalue weighted by molar-refractivity contribution is 7.99. The Hall–Kier alpha value is -0.900. The lowest BCUT2D eigenvalue weighted by molar-refractivity contribution is -0.162. The van der Waals surface area contributed by atoms with Crippen molar-refractivity contribution in [2.75, 3.05) is 11.9 Å². The zero-order chi connectivity index (χ0) is 15.2. The number of benzene rings is 1. The van der Waals surface area contributed by atoms with E-state index in [1.54, 1.807) is 0 Å². The largest absolute Gasteiger partial charge is 0.479 e. The first kappa shape index (κ1) is 17.2. The Morgan fingerprint density at radius 3 is 2.40 bits per heavy atom. The highest BCUT2D eigenvalue weighted by Crippen LogP contribution is 2.33. The summed E-state index contributed by atoms with van der Waals surface area (Å²) in [5.74, 6) is -1.37. The molecule has 1 aromatic carbocycles. The first-order valence-electron chi connectivity index (χ1n) is 6.34. The molecule has 20 heavy (non-hydrogen) atoms. The van der Waals surface area contributed by atoms with Gasteiger partial charge in [-0.25, -0.2) is 4.79 Å². The quantitative estimate of drug-likeness (QED) is 0.569. The lowest BCUT2D eigenvalue weighted by atomic mass is 9.82. The number of thioether (sulfide) groups is 1. The molecule has 110 valence electrons. The van der Waals surface area contributed by atoms with Gasteiger partial charge in [0.15, 0.2) is 14.1 Å². The molecule has 0 aliphatic carbocycles. The fourth-order valence-corrected chi connectivity index (χ4v) is 3.98. The van der Waals surface area contributed by atoms with E-state index in [2.05, 4.69) is 0 Å². The van der Waals surface area contributed by atoms with E-state index in [0.717, 1.165) is 4.90 Å². The van der Waals surface area contributed by atoms with Gasteiger partial charge in [0.05, 0.1) is 6.16 Å².